The molecule has 3 rings (SSSR count). The Bertz CT molecular complexity index is 593. The van der Waals surface area contributed by atoms with Crippen LogP contribution in [0, 0.1) is 5.82 Å². The molecule has 0 bridgehead atoms. The highest BCUT2D eigenvalue weighted by atomic mass is 35.5. The third-order valence-electron chi connectivity index (χ3n) is 3.23. The summed E-state index contributed by atoms with van der Waals surface area (Å²) in [5.74, 6) is -0.493. The van der Waals surface area contributed by atoms with Crippen molar-refractivity contribution in [1.29, 1.82) is 0 Å². The average Bonchev–Trinajstić information content (AvgIpc) is 2.82. The quantitative estimate of drug-likeness (QED) is 0.810. The lowest BCUT2D eigenvalue weighted by Crippen LogP contribution is -2.19. The predicted octanol–water partition coefficient (Wildman–Crippen LogP) is 3.11. The molecule has 0 amide bonds. The summed E-state index contributed by atoms with van der Waals surface area (Å²) in [7, 11) is 0. The van der Waals surface area contributed by atoms with Crippen LogP contribution in [0.3, 0.4) is 0 Å². The van der Waals surface area contributed by atoms with Crippen LogP contribution in [0.5, 0.6) is 0 Å². The summed E-state index contributed by atoms with van der Waals surface area (Å²) >= 11 is 5.82. The molecule has 0 saturated carbocycles. The van der Waals surface area contributed by atoms with Crippen molar-refractivity contribution >= 4 is 28.2 Å². The molecule has 1 aliphatic heterocycles. The van der Waals surface area contributed by atoms with E-state index in [2.05, 4.69) is 5.10 Å². The Labute approximate surface area is 108 Å². The van der Waals surface area contributed by atoms with Gasteiger partial charge in [0.1, 0.15) is 5.52 Å². The normalized spacial score (nSPS) is 20.4. The van der Waals surface area contributed by atoms with Crippen molar-refractivity contribution < 1.29 is 9.13 Å². The van der Waals surface area contributed by atoms with Crippen LogP contribution in [-0.2, 0) is 4.74 Å². The second-order valence-electron chi connectivity index (χ2n) is 4.43. The van der Waals surface area contributed by atoms with Gasteiger partial charge in [0, 0.05) is 17.7 Å². The Morgan fingerprint density at radius 2 is 2.33 bits per heavy atom. The zero-order valence-electron chi connectivity index (χ0n) is 9.70. The van der Waals surface area contributed by atoms with E-state index in [1.165, 1.54) is 6.07 Å². The molecule has 96 valence electrons. The minimum Gasteiger partial charge on any atom is -0.398 e. The second-order valence-corrected chi connectivity index (χ2v) is 4.84. The fraction of sp³-hybridized carbons (Fsp3) is 0.417. The Balaban J connectivity index is 2.18. The Morgan fingerprint density at radius 1 is 1.50 bits per heavy atom. The van der Waals surface area contributed by atoms with Crippen molar-refractivity contribution in [2.75, 3.05) is 12.3 Å². The standard InChI is InChI=1S/C12H13ClFN3O/c13-8-5-9(15)7-6-16-17(12(7)11(8)14)10-3-1-2-4-18-10/h5-6,10H,1-4,15H2. The number of anilines is 1. The van der Waals surface area contributed by atoms with Gasteiger partial charge in [0.15, 0.2) is 12.0 Å². The van der Waals surface area contributed by atoms with Crippen LogP contribution < -0.4 is 5.73 Å². The summed E-state index contributed by atoms with van der Waals surface area (Å²) in [5, 5.41) is 4.78. The van der Waals surface area contributed by atoms with E-state index in [1.54, 1.807) is 10.9 Å². The highest BCUT2D eigenvalue weighted by Gasteiger charge is 2.22. The third kappa shape index (κ3) is 1.74. The SMILES string of the molecule is Nc1cc(Cl)c(F)c2c1cnn2C1CCCCO1. The molecule has 2 N–H and O–H groups in total. The minimum atomic E-state index is -0.493. The molecule has 1 aromatic carbocycles. The number of benzene rings is 1. The van der Waals surface area contributed by atoms with Crippen LogP contribution >= 0.6 is 11.6 Å². The van der Waals surface area contributed by atoms with E-state index in [-0.39, 0.29) is 11.3 Å². The number of nitrogen functional groups attached to an aromatic ring is 1. The number of rotatable bonds is 1. The van der Waals surface area contributed by atoms with Gasteiger partial charge in [0.25, 0.3) is 0 Å². The first kappa shape index (κ1) is 11.7. The number of fused-ring (bicyclic) bond motifs is 1. The molecule has 0 aliphatic carbocycles. The van der Waals surface area contributed by atoms with E-state index in [0.717, 1.165) is 19.3 Å². The van der Waals surface area contributed by atoms with Crippen molar-refractivity contribution in [3.05, 3.63) is 23.1 Å². The fourth-order valence-corrected chi connectivity index (χ4v) is 2.53. The number of aromatic nitrogens is 2. The molecule has 18 heavy (non-hydrogen) atoms. The molecular formula is C12H13ClFN3O. The van der Waals surface area contributed by atoms with Gasteiger partial charge in [-0.2, -0.15) is 5.10 Å². The van der Waals surface area contributed by atoms with Crippen molar-refractivity contribution in [2.45, 2.75) is 25.5 Å². The number of hydrogen-bond acceptors (Lipinski definition) is 3. The summed E-state index contributed by atoms with van der Waals surface area (Å²) in [6, 6.07) is 1.41. The van der Waals surface area contributed by atoms with Crippen LogP contribution in [0.2, 0.25) is 5.02 Å². The van der Waals surface area contributed by atoms with Gasteiger partial charge in [-0.1, -0.05) is 11.6 Å². The van der Waals surface area contributed by atoms with Gasteiger partial charge in [-0.05, 0) is 25.3 Å². The molecule has 6 heteroatoms. The lowest BCUT2D eigenvalue weighted by Gasteiger charge is -2.23. The Kier molecular flexibility index (Phi) is 2.87. The average molecular weight is 270 g/mol. The number of nitrogens with zero attached hydrogens (tertiary/aromatic N) is 2. The first-order valence-corrected chi connectivity index (χ1v) is 6.28. The molecular weight excluding hydrogens is 257 g/mol. The summed E-state index contributed by atoms with van der Waals surface area (Å²) < 4.78 is 21.3. The van der Waals surface area contributed by atoms with Crippen LogP contribution in [0.1, 0.15) is 25.5 Å². The first-order valence-electron chi connectivity index (χ1n) is 5.91. The van der Waals surface area contributed by atoms with E-state index in [9.17, 15) is 4.39 Å². The monoisotopic (exact) mass is 269 g/mol. The van der Waals surface area contributed by atoms with Crippen molar-refractivity contribution in [2.24, 2.45) is 0 Å². The second kappa shape index (κ2) is 4.40. The lowest BCUT2D eigenvalue weighted by molar-refractivity contribution is -0.0369. The summed E-state index contributed by atoms with van der Waals surface area (Å²) in [5.41, 5.74) is 6.58. The minimum absolute atomic E-state index is 0.0116. The van der Waals surface area contributed by atoms with Gasteiger partial charge in [0.05, 0.1) is 11.2 Å². The molecule has 0 spiro atoms. The molecule has 1 aromatic heterocycles. The third-order valence-corrected chi connectivity index (χ3v) is 3.51. The number of hydrogen-bond donors (Lipinski definition) is 1. The maximum absolute atomic E-state index is 14.1. The van der Waals surface area contributed by atoms with Gasteiger partial charge < -0.3 is 10.5 Å². The van der Waals surface area contributed by atoms with E-state index in [4.69, 9.17) is 22.1 Å². The molecule has 1 fully saturated rings. The van der Waals surface area contributed by atoms with Gasteiger partial charge >= 0.3 is 0 Å². The van der Waals surface area contributed by atoms with E-state index in [1.807, 2.05) is 0 Å². The zero-order valence-corrected chi connectivity index (χ0v) is 10.5. The number of nitrogens with two attached hydrogens (primary N) is 1. The van der Waals surface area contributed by atoms with E-state index < -0.39 is 5.82 Å². The summed E-state index contributed by atoms with van der Waals surface area (Å²) in [4.78, 5) is 0. The molecule has 0 radical (unpaired) electrons. The van der Waals surface area contributed by atoms with E-state index in [0.29, 0.717) is 23.2 Å². The van der Waals surface area contributed by atoms with Crippen LogP contribution in [0.25, 0.3) is 10.9 Å². The topological polar surface area (TPSA) is 53.1 Å². The molecule has 1 atom stereocenters. The van der Waals surface area contributed by atoms with E-state index >= 15 is 0 Å². The van der Waals surface area contributed by atoms with Gasteiger partial charge in [-0.15, -0.1) is 0 Å². The summed E-state index contributed by atoms with van der Waals surface area (Å²) in [6.45, 7) is 0.670. The van der Waals surface area contributed by atoms with Crippen molar-refractivity contribution in [1.82, 2.24) is 9.78 Å². The zero-order chi connectivity index (χ0) is 12.7. The number of ether oxygens (including phenoxy) is 1. The molecule has 1 saturated heterocycles. The molecule has 1 unspecified atom stereocenters. The maximum Gasteiger partial charge on any atom is 0.167 e. The largest absolute Gasteiger partial charge is 0.398 e. The summed E-state index contributed by atoms with van der Waals surface area (Å²) in [6.07, 6.45) is 4.22. The van der Waals surface area contributed by atoms with Gasteiger partial charge in [0.2, 0.25) is 0 Å². The van der Waals surface area contributed by atoms with Crippen LogP contribution in [-0.4, -0.2) is 16.4 Å². The van der Waals surface area contributed by atoms with Crippen molar-refractivity contribution in [3.8, 4) is 0 Å². The highest BCUT2D eigenvalue weighted by Crippen LogP contribution is 2.33. The fourth-order valence-electron chi connectivity index (χ4n) is 2.32. The molecule has 1 aliphatic rings. The van der Waals surface area contributed by atoms with Gasteiger partial charge in [-0.25, -0.2) is 9.07 Å². The predicted molar refractivity (Wildman–Crippen MR) is 68.0 cm³/mol. The van der Waals surface area contributed by atoms with Gasteiger partial charge in [-0.3, -0.25) is 0 Å². The molecule has 2 aromatic rings. The highest BCUT2D eigenvalue weighted by molar-refractivity contribution is 6.32. The van der Waals surface area contributed by atoms with Crippen LogP contribution in [0.15, 0.2) is 12.3 Å². The van der Waals surface area contributed by atoms with Crippen LogP contribution in [0.4, 0.5) is 10.1 Å². The maximum atomic E-state index is 14.1. The van der Waals surface area contributed by atoms with Crippen molar-refractivity contribution in [3.63, 3.8) is 0 Å². The Hall–Kier alpha value is -1.33. The number of halogens is 2. The molecule has 2 heterocycles. The lowest BCUT2D eigenvalue weighted by atomic mass is 10.1. The smallest absolute Gasteiger partial charge is 0.167 e. The Morgan fingerprint density at radius 3 is 3.06 bits per heavy atom. The first-order chi connectivity index (χ1) is 8.68. The molecule has 4 nitrogen and oxygen atoms in total.